The first-order valence-corrected chi connectivity index (χ1v) is 11.8. The van der Waals surface area contributed by atoms with Gasteiger partial charge in [0.05, 0.1) is 13.0 Å². The van der Waals surface area contributed by atoms with Crippen LogP contribution in [0, 0.1) is 28.6 Å². The summed E-state index contributed by atoms with van der Waals surface area (Å²) in [6.07, 6.45) is 10.5. The molecule has 1 unspecified atom stereocenters. The molecule has 158 valence electrons. The van der Waals surface area contributed by atoms with Gasteiger partial charge < -0.3 is 9.64 Å². The van der Waals surface area contributed by atoms with Crippen molar-refractivity contribution in [1.82, 2.24) is 4.90 Å². The van der Waals surface area contributed by atoms with Gasteiger partial charge in [-0.2, -0.15) is 0 Å². The van der Waals surface area contributed by atoms with Gasteiger partial charge in [0, 0.05) is 18.7 Å². The van der Waals surface area contributed by atoms with Crippen molar-refractivity contribution in [2.24, 2.45) is 28.6 Å². The molecule has 5 rings (SSSR count). The second kappa shape index (κ2) is 6.75. The molecule has 1 aliphatic heterocycles. The number of nitrogens with zero attached hydrogens (tertiary/aromatic N) is 1. The Morgan fingerprint density at radius 3 is 2.62 bits per heavy atom. The first-order valence-electron chi connectivity index (χ1n) is 11.8. The third-order valence-electron chi connectivity index (χ3n) is 9.87. The summed E-state index contributed by atoms with van der Waals surface area (Å²) < 4.78 is 5.66. The van der Waals surface area contributed by atoms with E-state index in [1.165, 1.54) is 44.9 Å². The van der Waals surface area contributed by atoms with Gasteiger partial charge in [-0.15, -0.1) is 0 Å². The number of fused-ring (bicyclic) bond motifs is 5. The van der Waals surface area contributed by atoms with Crippen molar-refractivity contribution in [2.45, 2.75) is 77.2 Å². The molecule has 0 bridgehead atoms. The van der Waals surface area contributed by atoms with Crippen molar-refractivity contribution < 1.29 is 9.53 Å². The molecule has 0 N–H and O–H groups in total. The van der Waals surface area contributed by atoms with E-state index in [0.717, 1.165) is 35.5 Å². The van der Waals surface area contributed by atoms with E-state index < -0.39 is 0 Å². The molecule has 3 aliphatic carbocycles. The number of para-hydroxylation sites is 1. The van der Waals surface area contributed by atoms with Gasteiger partial charge in [0.2, 0.25) is 5.91 Å². The molecule has 0 spiro atoms. The first-order chi connectivity index (χ1) is 13.9. The number of amides is 1. The molecule has 4 fully saturated rings. The fourth-order valence-electron chi connectivity index (χ4n) is 8.48. The lowest BCUT2D eigenvalue weighted by atomic mass is 9.46. The molecule has 0 aromatic heterocycles. The van der Waals surface area contributed by atoms with Crippen molar-refractivity contribution in [2.75, 3.05) is 14.2 Å². The van der Waals surface area contributed by atoms with Gasteiger partial charge in [-0.25, -0.2) is 0 Å². The van der Waals surface area contributed by atoms with Crippen LogP contribution in [-0.4, -0.2) is 31.0 Å². The maximum Gasteiger partial charge on any atom is 0.230 e. The predicted molar refractivity (Wildman–Crippen MR) is 116 cm³/mol. The number of benzene rings is 1. The molecule has 7 atom stereocenters. The molecule has 1 saturated heterocycles. The SMILES string of the molecule is COc1ccccc1C1C[C@]2(C)[C@H]3CC[C@]4(C)CCC[C@H]4[C@@H]3CC[C@H]2N(C)C1=O. The highest BCUT2D eigenvalue weighted by molar-refractivity contribution is 5.85. The highest BCUT2D eigenvalue weighted by Gasteiger charge is 2.60. The summed E-state index contributed by atoms with van der Waals surface area (Å²) in [7, 11) is 3.79. The average Bonchev–Trinajstić information content (AvgIpc) is 3.12. The fraction of sp³-hybridized carbons (Fsp3) is 0.731. The number of rotatable bonds is 2. The molecule has 1 amide bonds. The minimum atomic E-state index is -0.0759. The Kier molecular flexibility index (Phi) is 4.53. The van der Waals surface area contributed by atoms with Gasteiger partial charge in [-0.1, -0.05) is 38.5 Å². The molecule has 1 aromatic rings. The highest BCUT2D eigenvalue weighted by atomic mass is 16.5. The molecular formula is C26H37NO2. The van der Waals surface area contributed by atoms with E-state index in [1.807, 2.05) is 18.2 Å². The number of likely N-dealkylation sites (tertiary alicyclic amines) is 1. The number of hydrogen-bond acceptors (Lipinski definition) is 2. The largest absolute Gasteiger partial charge is 0.496 e. The second-order valence-corrected chi connectivity index (χ2v) is 11.0. The van der Waals surface area contributed by atoms with Crippen LogP contribution in [0.5, 0.6) is 5.75 Å². The highest BCUT2D eigenvalue weighted by Crippen LogP contribution is 2.65. The number of likely N-dealkylation sites (N-methyl/N-ethyl adjacent to an activating group) is 1. The zero-order valence-corrected chi connectivity index (χ0v) is 18.6. The molecule has 3 heteroatoms. The minimum absolute atomic E-state index is 0.0759. The standard InChI is InChI=1S/C26H37NO2/c1-25-14-7-9-20(25)18-11-12-23-26(2,21(18)13-15-25)16-19(24(28)27(23)3)17-8-5-6-10-22(17)29-4/h5-6,8,10,18-21,23H,7,9,11-16H2,1-4H3/t18-,19?,20-,21-,23+,25-,26+/m0/s1. The number of carbonyl (C=O) groups is 1. The molecule has 1 aromatic carbocycles. The van der Waals surface area contributed by atoms with E-state index in [1.54, 1.807) is 7.11 Å². The Morgan fingerprint density at radius 1 is 1.03 bits per heavy atom. The maximum absolute atomic E-state index is 13.5. The summed E-state index contributed by atoms with van der Waals surface area (Å²) in [6.45, 7) is 5.10. The van der Waals surface area contributed by atoms with E-state index in [4.69, 9.17) is 4.74 Å². The normalized spacial score (nSPS) is 44.1. The van der Waals surface area contributed by atoms with Crippen LogP contribution in [0.15, 0.2) is 24.3 Å². The molecule has 29 heavy (non-hydrogen) atoms. The van der Waals surface area contributed by atoms with Crippen molar-refractivity contribution in [1.29, 1.82) is 0 Å². The van der Waals surface area contributed by atoms with Crippen LogP contribution >= 0.6 is 0 Å². The zero-order chi connectivity index (χ0) is 20.4. The van der Waals surface area contributed by atoms with Gasteiger partial charge in [0.25, 0.3) is 0 Å². The lowest BCUT2D eigenvalue weighted by Gasteiger charge is -2.62. The Balaban J connectivity index is 1.52. The van der Waals surface area contributed by atoms with Gasteiger partial charge >= 0.3 is 0 Å². The van der Waals surface area contributed by atoms with Gasteiger partial charge in [-0.05, 0) is 79.6 Å². The van der Waals surface area contributed by atoms with E-state index in [2.05, 4.69) is 31.9 Å². The van der Waals surface area contributed by atoms with Crippen LogP contribution in [0.1, 0.15) is 76.7 Å². The third-order valence-corrected chi connectivity index (χ3v) is 9.87. The molecular weight excluding hydrogens is 358 g/mol. The Labute approximate surface area is 176 Å². The third kappa shape index (κ3) is 2.72. The molecule has 0 radical (unpaired) electrons. The summed E-state index contributed by atoms with van der Waals surface area (Å²) in [6, 6.07) is 8.56. The molecule has 3 nitrogen and oxygen atoms in total. The minimum Gasteiger partial charge on any atom is -0.496 e. The van der Waals surface area contributed by atoms with E-state index in [0.29, 0.717) is 11.5 Å². The number of ether oxygens (including phenoxy) is 1. The fourth-order valence-corrected chi connectivity index (χ4v) is 8.48. The zero-order valence-electron chi connectivity index (χ0n) is 18.6. The monoisotopic (exact) mass is 395 g/mol. The van der Waals surface area contributed by atoms with Crippen LogP contribution < -0.4 is 4.74 Å². The van der Waals surface area contributed by atoms with Crippen molar-refractivity contribution in [3.8, 4) is 5.75 Å². The smallest absolute Gasteiger partial charge is 0.230 e. The average molecular weight is 396 g/mol. The number of piperidine rings is 1. The van der Waals surface area contributed by atoms with E-state index in [-0.39, 0.29) is 17.2 Å². The van der Waals surface area contributed by atoms with Crippen molar-refractivity contribution in [3.05, 3.63) is 29.8 Å². The summed E-state index contributed by atoms with van der Waals surface area (Å²) >= 11 is 0. The van der Waals surface area contributed by atoms with Crippen molar-refractivity contribution >= 4 is 5.91 Å². The first kappa shape index (κ1) is 19.5. The summed E-state index contributed by atoms with van der Waals surface area (Å²) in [5.74, 6) is 3.60. The van der Waals surface area contributed by atoms with E-state index >= 15 is 0 Å². The molecule has 1 heterocycles. The van der Waals surface area contributed by atoms with E-state index in [9.17, 15) is 4.79 Å². The Hall–Kier alpha value is -1.51. The Bertz CT molecular complexity index is 806. The van der Waals surface area contributed by atoms with Gasteiger partial charge in [0.1, 0.15) is 5.75 Å². The topological polar surface area (TPSA) is 29.5 Å². The summed E-state index contributed by atoms with van der Waals surface area (Å²) in [5, 5.41) is 0. The van der Waals surface area contributed by atoms with Crippen LogP contribution in [0.4, 0.5) is 0 Å². The predicted octanol–water partition coefficient (Wildman–Crippen LogP) is 5.64. The van der Waals surface area contributed by atoms with Gasteiger partial charge in [0.15, 0.2) is 0 Å². The quantitative estimate of drug-likeness (QED) is 0.648. The maximum atomic E-state index is 13.5. The second-order valence-electron chi connectivity index (χ2n) is 11.0. The van der Waals surface area contributed by atoms with Crippen molar-refractivity contribution in [3.63, 3.8) is 0 Å². The number of methoxy groups -OCH3 is 1. The molecule has 3 saturated carbocycles. The number of hydrogen-bond donors (Lipinski definition) is 0. The molecule has 4 aliphatic rings. The van der Waals surface area contributed by atoms with Gasteiger partial charge in [-0.3, -0.25) is 4.79 Å². The van der Waals surface area contributed by atoms with Crippen LogP contribution in [0.25, 0.3) is 0 Å². The lowest BCUT2D eigenvalue weighted by Crippen LogP contribution is -2.62. The van der Waals surface area contributed by atoms with Crippen LogP contribution in [0.3, 0.4) is 0 Å². The summed E-state index contributed by atoms with van der Waals surface area (Å²) in [5.41, 5.74) is 1.87. The lowest BCUT2D eigenvalue weighted by molar-refractivity contribution is -0.160. The summed E-state index contributed by atoms with van der Waals surface area (Å²) in [4.78, 5) is 15.6. The van der Waals surface area contributed by atoms with Crippen LogP contribution in [0.2, 0.25) is 0 Å². The van der Waals surface area contributed by atoms with Crippen LogP contribution in [-0.2, 0) is 4.79 Å². The Morgan fingerprint density at radius 2 is 1.83 bits per heavy atom. The number of carbonyl (C=O) groups excluding carboxylic acids is 1.